The topological polar surface area (TPSA) is 32.3 Å². The molecule has 0 heterocycles. The Balaban J connectivity index is 2.05. The van der Waals surface area contributed by atoms with Crippen LogP contribution < -0.4 is 5.32 Å². The SMILES string of the molecule is CC(C)(O)CCNC1(C)CC1. The minimum absolute atomic E-state index is 0.408. The van der Waals surface area contributed by atoms with Crippen LogP contribution >= 0.6 is 0 Å². The number of nitrogens with one attached hydrogen (secondary N) is 1. The minimum Gasteiger partial charge on any atom is -0.390 e. The molecule has 2 heteroatoms. The summed E-state index contributed by atoms with van der Waals surface area (Å²) in [5, 5.41) is 12.8. The highest BCUT2D eigenvalue weighted by atomic mass is 16.3. The van der Waals surface area contributed by atoms with Gasteiger partial charge in [-0.1, -0.05) is 0 Å². The standard InChI is InChI=1S/C9H19NO/c1-8(2,11)6-7-10-9(3)4-5-9/h10-11H,4-7H2,1-3H3. The fourth-order valence-electron chi connectivity index (χ4n) is 1.03. The molecule has 0 aromatic heterocycles. The molecule has 0 aliphatic heterocycles. The fraction of sp³-hybridized carbons (Fsp3) is 1.00. The van der Waals surface area contributed by atoms with Crippen molar-refractivity contribution in [3.8, 4) is 0 Å². The molecule has 2 N–H and O–H groups in total. The summed E-state index contributed by atoms with van der Waals surface area (Å²) in [6.45, 7) is 6.87. The zero-order valence-electron chi connectivity index (χ0n) is 7.78. The van der Waals surface area contributed by atoms with Crippen LogP contribution in [0.1, 0.15) is 40.0 Å². The summed E-state index contributed by atoms with van der Waals surface area (Å²) < 4.78 is 0. The monoisotopic (exact) mass is 157 g/mol. The Kier molecular flexibility index (Phi) is 2.26. The first-order chi connectivity index (χ1) is 4.91. The van der Waals surface area contributed by atoms with Crippen molar-refractivity contribution < 1.29 is 5.11 Å². The molecule has 2 nitrogen and oxygen atoms in total. The second-order valence-corrected chi connectivity index (χ2v) is 4.55. The van der Waals surface area contributed by atoms with E-state index in [0.717, 1.165) is 13.0 Å². The van der Waals surface area contributed by atoms with Crippen LogP contribution in [0.5, 0.6) is 0 Å². The van der Waals surface area contributed by atoms with E-state index in [9.17, 15) is 5.11 Å². The van der Waals surface area contributed by atoms with E-state index in [4.69, 9.17) is 0 Å². The molecule has 0 aromatic carbocycles. The summed E-state index contributed by atoms with van der Waals surface area (Å²) in [7, 11) is 0. The van der Waals surface area contributed by atoms with E-state index in [2.05, 4.69) is 12.2 Å². The Hall–Kier alpha value is -0.0800. The fourth-order valence-corrected chi connectivity index (χ4v) is 1.03. The summed E-state index contributed by atoms with van der Waals surface area (Å²) in [6, 6.07) is 0. The number of hydrogen-bond donors (Lipinski definition) is 2. The molecule has 1 rings (SSSR count). The van der Waals surface area contributed by atoms with Crippen LogP contribution in [-0.4, -0.2) is 22.8 Å². The van der Waals surface area contributed by atoms with Gasteiger partial charge in [0, 0.05) is 5.54 Å². The second kappa shape index (κ2) is 2.76. The summed E-state index contributed by atoms with van der Waals surface area (Å²) in [5.41, 5.74) is -0.108. The van der Waals surface area contributed by atoms with Crippen molar-refractivity contribution in [1.82, 2.24) is 5.32 Å². The summed E-state index contributed by atoms with van der Waals surface area (Å²) in [5.74, 6) is 0. The molecule has 66 valence electrons. The average Bonchev–Trinajstić information content (AvgIpc) is 2.44. The lowest BCUT2D eigenvalue weighted by Crippen LogP contribution is -2.33. The normalized spacial score (nSPS) is 21.8. The van der Waals surface area contributed by atoms with Gasteiger partial charge in [0.2, 0.25) is 0 Å². The molecule has 0 spiro atoms. The lowest BCUT2D eigenvalue weighted by molar-refractivity contribution is 0.0703. The Morgan fingerprint density at radius 2 is 2.00 bits per heavy atom. The molecule has 1 aliphatic rings. The smallest absolute Gasteiger partial charge is 0.0603 e. The highest BCUT2D eigenvalue weighted by molar-refractivity contribution is 4.97. The number of rotatable bonds is 4. The van der Waals surface area contributed by atoms with Gasteiger partial charge in [0.1, 0.15) is 0 Å². The van der Waals surface area contributed by atoms with Crippen LogP contribution in [0.25, 0.3) is 0 Å². The van der Waals surface area contributed by atoms with Crippen LogP contribution in [0.2, 0.25) is 0 Å². The van der Waals surface area contributed by atoms with Gasteiger partial charge in [0.05, 0.1) is 5.60 Å². The number of hydrogen-bond acceptors (Lipinski definition) is 2. The maximum Gasteiger partial charge on any atom is 0.0603 e. The summed E-state index contributed by atoms with van der Waals surface area (Å²) in [6.07, 6.45) is 3.42. The van der Waals surface area contributed by atoms with E-state index in [0.29, 0.717) is 5.54 Å². The molecule has 0 atom stereocenters. The first-order valence-corrected chi connectivity index (χ1v) is 4.39. The minimum atomic E-state index is -0.516. The zero-order valence-corrected chi connectivity index (χ0v) is 7.78. The molecular weight excluding hydrogens is 138 g/mol. The van der Waals surface area contributed by atoms with Gasteiger partial charge in [-0.15, -0.1) is 0 Å². The molecule has 1 aliphatic carbocycles. The lowest BCUT2D eigenvalue weighted by atomic mass is 10.1. The van der Waals surface area contributed by atoms with E-state index in [1.54, 1.807) is 0 Å². The van der Waals surface area contributed by atoms with Gasteiger partial charge in [-0.25, -0.2) is 0 Å². The van der Waals surface area contributed by atoms with E-state index in [1.165, 1.54) is 12.8 Å². The van der Waals surface area contributed by atoms with Crippen molar-refractivity contribution in [3.63, 3.8) is 0 Å². The van der Waals surface area contributed by atoms with Crippen LogP contribution in [0.3, 0.4) is 0 Å². The maximum absolute atomic E-state index is 9.39. The molecule has 0 unspecified atom stereocenters. The Labute approximate surface area is 69.0 Å². The Morgan fingerprint density at radius 3 is 2.36 bits per heavy atom. The maximum atomic E-state index is 9.39. The van der Waals surface area contributed by atoms with Crippen molar-refractivity contribution in [1.29, 1.82) is 0 Å². The van der Waals surface area contributed by atoms with Crippen LogP contribution in [0.4, 0.5) is 0 Å². The van der Waals surface area contributed by atoms with Gasteiger partial charge in [-0.05, 0) is 46.6 Å². The van der Waals surface area contributed by atoms with Crippen molar-refractivity contribution in [2.24, 2.45) is 0 Å². The predicted octanol–water partition coefficient (Wildman–Crippen LogP) is 1.29. The Bertz CT molecular complexity index is 128. The van der Waals surface area contributed by atoms with Crippen LogP contribution in [0.15, 0.2) is 0 Å². The van der Waals surface area contributed by atoms with Crippen molar-refractivity contribution in [3.05, 3.63) is 0 Å². The molecule has 0 bridgehead atoms. The molecule has 0 aromatic rings. The zero-order chi connectivity index (χ0) is 8.54. The molecule has 0 amide bonds. The molecule has 0 saturated heterocycles. The van der Waals surface area contributed by atoms with E-state index in [1.807, 2.05) is 13.8 Å². The third-order valence-corrected chi connectivity index (χ3v) is 2.29. The van der Waals surface area contributed by atoms with E-state index in [-0.39, 0.29) is 0 Å². The highest BCUT2D eigenvalue weighted by Gasteiger charge is 2.36. The van der Waals surface area contributed by atoms with Crippen molar-refractivity contribution >= 4 is 0 Å². The second-order valence-electron chi connectivity index (χ2n) is 4.55. The lowest BCUT2D eigenvalue weighted by Gasteiger charge is -2.19. The Morgan fingerprint density at radius 1 is 1.45 bits per heavy atom. The van der Waals surface area contributed by atoms with Gasteiger partial charge in [-0.2, -0.15) is 0 Å². The van der Waals surface area contributed by atoms with Gasteiger partial charge in [0.15, 0.2) is 0 Å². The quantitative estimate of drug-likeness (QED) is 0.644. The predicted molar refractivity (Wildman–Crippen MR) is 46.6 cm³/mol. The first kappa shape index (κ1) is 9.01. The van der Waals surface area contributed by atoms with Gasteiger partial charge in [0.25, 0.3) is 0 Å². The van der Waals surface area contributed by atoms with Crippen molar-refractivity contribution in [2.75, 3.05) is 6.54 Å². The third kappa shape index (κ3) is 3.73. The van der Waals surface area contributed by atoms with Crippen LogP contribution in [-0.2, 0) is 0 Å². The van der Waals surface area contributed by atoms with E-state index < -0.39 is 5.60 Å². The number of aliphatic hydroxyl groups is 1. The van der Waals surface area contributed by atoms with Gasteiger partial charge < -0.3 is 10.4 Å². The van der Waals surface area contributed by atoms with E-state index >= 15 is 0 Å². The molecule has 11 heavy (non-hydrogen) atoms. The molecular formula is C9H19NO. The molecule has 1 saturated carbocycles. The molecule has 1 fully saturated rings. The summed E-state index contributed by atoms with van der Waals surface area (Å²) >= 11 is 0. The van der Waals surface area contributed by atoms with Gasteiger partial charge >= 0.3 is 0 Å². The van der Waals surface area contributed by atoms with Crippen LogP contribution in [0, 0.1) is 0 Å². The largest absolute Gasteiger partial charge is 0.390 e. The highest BCUT2D eigenvalue weighted by Crippen LogP contribution is 2.34. The summed E-state index contributed by atoms with van der Waals surface area (Å²) in [4.78, 5) is 0. The average molecular weight is 157 g/mol. The van der Waals surface area contributed by atoms with Gasteiger partial charge in [-0.3, -0.25) is 0 Å². The first-order valence-electron chi connectivity index (χ1n) is 4.39. The third-order valence-electron chi connectivity index (χ3n) is 2.29. The molecule has 0 radical (unpaired) electrons. The van der Waals surface area contributed by atoms with Crippen molar-refractivity contribution in [2.45, 2.75) is 51.2 Å².